The maximum absolute atomic E-state index is 11.7. The maximum Gasteiger partial charge on any atom is 0.315 e. The number of hydrogen-bond donors (Lipinski definition) is 2. The molecule has 1 aromatic rings. The fourth-order valence-corrected chi connectivity index (χ4v) is 3.07. The molecular formula is C16H26N2O3S. The van der Waals surface area contributed by atoms with E-state index in [0.29, 0.717) is 13.0 Å². The molecule has 0 bridgehead atoms. The molecule has 1 unspecified atom stereocenters. The zero-order valence-electron chi connectivity index (χ0n) is 13.8. The summed E-state index contributed by atoms with van der Waals surface area (Å²) in [7, 11) is -2.97. The first kappa shape index (κ1) is 18.5. The van der Waals surface area contributed by atoms with Gasteiger partial charge in [-0.3, -0.25) is 0 Å². The average molecular weight is 326 g/mol. The van der Waals surface area contributed by atoms with Crippen molar-refractivity contribution >= 4 is 15.9 Å². The number of rotatable bonds is 7. The molecule has 0 radical (unpaired) electrons. The van der Waals surface area contributed by atoms with Gasteiger partial charge in [-0.2, -0.15) is 0 Å². The molecule has 2 amide bonds. The second-order valence-corrected chi connectivity index (χ2v) is 8.24. The van der Waals surface area contributed by atoms with E-state index in [9.17, 15) is 13.2 Å². The van der Waals surface area contributed by atoms with Crippen molar-refractivity contribution < 1.29 is 13.2 Å². The van der Waals surface area contributed by atoms with E-state index in [0.717, 1.165) is 6.42 Å². The van der Waals surface area contributed by atoms with Crippen molar-refractivity contribution in [2.75, 3.05) is 18.6 Å². The van der Waals surface area contributed by atoms with E-state index in [1.165, 1.54) is 22.9 Å². The van der Waals surface area contributed by atoms with Crippen LogP contribution in [-0.4, -0.2) is 39.0 Å². The van der Waals surface area contributed by atoms with Crippen molar-refractivity contribution in [3.8, 4) is 0 Å². The van der Waals surface area contributed by atoms with Crippen LogP contribution in [0.15, 0.2) is 18.2 Å². The lowest BCUT2D eigenvalue weighted by Crippen LogP contribution is -2.42. The second kappa shape index (κ2) is 8.17. The summed E-state index contributed by atoms with van der Waals surface area (Å²) in [6.07, 6.45) is 2.38. The first-order valence-electron chi connectivity index (χ1n) is 7.45. The van der Waals surface area contributed by atoms with Crippen molar-refractivity contribution in [2.24, 2.45) is 0 Å². The molecular weight excluding hydrogens is 300 g/mol. The van der Waals surface area contributed by atoms with E-state index in [-0.39, 0.29) is 17.8 Å². The third-order valence-corrected chi connectivity index (χ3v) is 4.21. The van der Waals surface area contributed by atoms with Crippen LogP contribution in [0.5, 0.6) is 0 Å². The summed E-state index contributed by atoms with van der Waals surface area (Å²) < 4.78 is 22.0. The second-order valence-electron chi connectivity index (χ2n) is 5.98. The SMILES string of the molecule is Cc1cc(C)cc(CC(C)NC(=O)NCCCS(C)(=O)=O)c1. The van der Waals surface area contributed by atoms with Crippen molar-refractivity contribution in [3.63, 3.8) is 0 Å². The van der Waals surface area contributed by atoms with Crippen LogP contribution in [0.4, 0.5) is 4.79 Å². The van der Waals surface area contributed by atoms with E-state index in [2.05, 4.69) is 42.7 Å². The van der Waals surface area contributed by atoms with Crippen LogP contribution in [0, 0.1) is 13.8 Å². The smallest absolute Gasteiger partial charge is 0.315 e. The Balaban J connectivity index is 2.35. The van der Waals surface area contributed by atoms with Crippen LogP contribution in [0.25, 0.3) is 0 Å². The highest BCUT2D eigenvalue weighted by Crippen LogP contribution is 2.10. The van der Waals surface area contributed by atoms with Gasteiger partial charge in [0.1, 0.15) is 9.84 Å². The number of carbonyl (C=O) groups excluding carboxylic acids is 1. The minimum Gasteiger partial charge on any atom is -0.338 e. The highest BCUT2D eigenvalue weighted by molar-refractivity contribution is 7.90. The van der Waals surface area contributed by atoms with Crippen LogP contribution in [0.2, 0.25) is 0 Å². The van der Waals surface area contributed by atoms with E-state index in [1.807, 2.05) is 6.92 Å². The predicted molar refractivity (Wildman–Crippen MR) is 89.9 cm³/mol. The average Bonchev–Trinajstić information content (AvgIpc) is 2.31. The lowest BCUT2D eigenvalue weighted by Gasteiger charge is -2.15. The standard InChI is InChI=1S/C16H26N2O3S/c1-12-8-13(2)10-15(9-12)11-14(3)18-16(19)17-6-5-7-22(4,20)21/h8-10,14H,5-7,11H2,1-4H3,(H2,17,18,19). The summed E-state index contributed by atoms with van der Waals surface area (Å²) in [4.78, 5) is 11.7. The monoisotopic (exact) mass is 326 g/mol. The summed E-state index contributed by atoms with van der Waals surface area (Å²) in [5.74, 6) is 0.0887. The number of nitrogens with one attached hydrogen (secondary N) is 2. The molecule has 0 aliphatic rings. The molecule has 6 heteroatoms. The Morgan fingerprint density at radius 3 is 2.32 bits per heavy atom. The molecule has 124 valence electrons. The van der Waals surface area contributed by atoms with E-state index in [1.54, 1.807) is 0 Å². The van der Waals surface area contributed by atoms with Gasteiger partial charge >= 0.3 is 6.03 Å². The number of aryl methyl sites for hydroxylation is 2. The summed E-state index contributed by atoms with van der Waals surface area (Å²) in [6, 6.07) is 6.11. The quantitative estimate of drug-likeness (QED) is 0.752. The number of amides is 2. The molecule has 5 nitrogen and oxygen atoms in total. The predicted octanol–water partition coefficient (Wildman–Crippen LogP) is 1.97. The van der Waals surface area contributed by atoms with Crippen molar-refractivity contribution in [1.29, 1.82) is 0 Å². The summed E-state index contributed by atoms with van der Waals surface area (Å²) in [6.45, 7) is 6.43. The lowest BCUT2D eigenvalue weighted by atomic mass is 10.0. The van der Waals surface area contributed by atoms with E-state index in [4.69, 9.17) is 0 Å². The topological polar surface area (TPSA) is 75.3 Å². The molecule has 0 spiro atoms. The van der Waals surface area contributed by atoms with Crippen LogP contribution < -0.4 is 10.6 Å². The van der Waals surface area contributed by atoms with Gasteiger partial charge in [0.15, 0.2) is 0 Å². The Hall–Kier alpha value is -1.56. The molecule has 0 fully saturated rings. The van der Waals surface area contributed by atoms with Crippen LogP contribution in [0.1, 0.15) is 30.0 Å². The van der Waals surface area contributed by atoms with Gasteiger partial charge in [-0.1, -0.05) is 29.3 Å². The first-order valence-corrected chi connectivity index (χ1v) is 9.51. The minimum absolute atomic E-state index is 0.0103. The van der Waals surface area contributed by atoms with Gasteiger partial charge in [0.2, 0.25) is 0 Å². The third-order valence-electron chi connectivity index (χ3n) is 3.18. The van der Waals surface area contributed by atoms with Crippen LogP contribution in [-0.2, 0) is 16.3 Å². The lowest BCUT2D eigenvalue weighted by molar-refractivity contribution is 0.237. The summed E-state index contributed by atoms with van der Waals surface area (Å²) in [5, 5.41) is 5.55. The van der Waals surface area contributed by atoms with Crippen LogP contribution >= 0.6 is 0 Å². The van der Waals surface area contributed by atoms with Crippen molar-refractivity contribution in [3.05, 3.63) is 34.9 Å². The van der Waals surface area contributed by atoms with Gasteiger partial charge in [-0.05, 0) is 39.2 Å². The number of hydrogen-bond acceptors (Lipinski definition) is 3. The Kier molecular flexibility index (Phi) is 6.87. The minimum atomic E-state index is -2.97. The Morgan fingerprint density at radius 2 is 1.77 bits per heavy atom. The largest absolute Gasteiger partial charge is 0.338 e. The van der Waals surface area contributed by atoms with E-state index < -0.39 is 9.84 Å². The first-order chi connectivity index (χ1) is 10.2. The fourth-order valence-electron chi connectivity index (χ4n) is 2.40. The maximum atomic E-state index is 11.7. The van der Waals surface area contributed by atoms with Gasteiger partial charge in [-0.25, -0.2) is 13.2 Å². The van der Waals surface area contributed by atoms with Gasteiger partial charge in [0.25, 0.3) is 0 Å². The molecule has 0 aliphatic heterocycles. The van der Waals surface area contributed by atoms with Crippen LogP contribution in [0.3, 0.4) is 0 Å². The highest BCUT2D eigenvalue weighted by Gasteiger charge is 2.09. The van der Waals surface area contributed by atoms with Gasteiger partial charge in [-0.15, -0.1) is 0 Å². The van der Waals surface area contributed by atoms with Crippen molar-refractivity contribution in [1.82, 2.24) is 10.6 Å². The van der Waals surface area contributed by atoms with E-state index >= 15 is 0 Å². The van der Waals surface area contributed by atoms with Gasteiger partial charge in [0.05, 0.1) is 5.75 Å². The molecule has 1 aromatic carbocycles. The highest BCUT2D eigenvalue weighted by atomic mass is 32.2. The molecule has 1 rings (SSSR count). The molecule has 0 saturated carbocycles. The molecule has 1 atom stereocenters. The van der Waals surface area contributed by atoms with Gasteiger partial charge < -0.3 is 10.6 Å². The fraction of sp³-hybridized carbons (Fsp3) is 0.562. The molecule has 22 heavy (non-hydrogen) atoms. The number of benzene rings is 1. The number of urea groups is 1. The molecule has 0 aliphatic carbocycles. The molecule has 2 N–H and O–H groups in total. The molecule has 0 aromatic heterocycles. The van der Waals surface area contributed by atoms with Crippen molar-refractivity contribution in [2.45, 2.75) is 39.7 Å². The Morgan fingerprint density at radius 1 is 1.18 bits per heavy atom. The Bertz CT molecular complexity index is 592. The third kappa shape index (κ3) is 8.02. The normalized spacial score (nSPS) is 12.7. The zero-order chi connectivity index (χ0) is 16.8. The zero-order valence-corrected chi connectivity index (χ0v) is 14.6. The Labute approximate surface area is 133 Å². The molecule has 0 heterocycles. The summed E-state index contributed by atoms with van der Waals surface area (Å²) >= 11 is 0. The van der Waals surface area contributed by atoms with Gasteiger partial charge in [0, 0.05) is 18.8 Å². The molecule has 0 saturated heterocycles. The number of carbonyl (C=O) groups is 1. The number of sulfone groups is 1. The summed E-state index contributed by atoms with van der Waals surface area (Å²) in [5.41, 5.74) is 3.63.